The Bertz CT molecular complexity index is 1410. The van der Waals surface area contributed by atoms with Gasteiger partial charge >= 0.3 is 0 Å². The standard InChI is InChI=1S/C22H18N2O3S4/c1-13-10-11-20(28-13)31(26,27)24-17-12-19(21(25)15-7-3-2-6-14(15)17)30-22-23-16-8-4-5-9-18(16)29-22/h2-9,11-13,24-25H,10H2,1H3. The van der Waals surface area contributed by atoms with E-state index < -0.39 is 10.0 Å². The number of aromatic hydroxyl groups is 1. The molecule has 2 N–H and O–H groups in total. The molecule has 4 aromatic rings. The van der Waals surface area contributed by atoms with E-state index in [1.54, 1.807) is 24.3 Å². The number of phenolic OH excluding ortho intramolecular Hbond substituents is 1. The number of phenols is 1. The Kier molecular flexibility index (Phi) is 5.37. The van der Waals surface area contributed by atoms with Crippen LogP contribution >= 0.6 is 34.9 Å². The van der Waals surface area contributed by atoms with Crippen LogP contribution < -0.4 is 4.72 Å². The van der Waals surface area contributed by atoms with Gasteiger partial charge in [-0.15, -0.1) is 23.1 Å². The lowest BCUT2D eigenvalue weighted by atomic mass is 10.1. The van der Waals surface area contributed by atoms with Crippen LogP contribution in [0.15, 0.2) is 74.1 Å². The second-order valence-electron chi connectivity index (χ2n) is 7.16. The lowest BCUT2D eigenvalue weighted by molar-refractivity contribution is 0.469. The summed E-state index contributed by atoms with van der Waals surface area (Å²) in [4.78, 5) is 5.18. The van der Waals surface area contributed by atoms with Gasteiger partial charge in [0, 0.05) is 16.0 Å². The molecule has 0 saturated carbocycles. The topological polar surface area (TPSA) is 79.3 Å². The summed E-state index contributed by atoms with van der Waals surface area (Å²) in [5.74, 6) is 0.117. The molecule has 31 heavy (non-hydrogen) atoms. The van der Waals surface area contributed by atoms with E-state index >= 15 is 0 Å². The number of sulfonamides is 1. The van der Waals surface area contributed by atoms with Crippen LogP contribution in [-0.2, 0) is 10.0 Å². The number of allylic oxidation sites excluding steroid dienone is 1. The lowest BCUT2D eigenvalue weighted by Gasteiger charge is -2.15. The molecule has 0 fully saturated rings. The van der Waals surface area contributed by atoms with Crippen molar-refractivity contribution in [2.45, 2.75) is 27.8 Å². The zero-order chi connectivity index (χ0) is 21.6. The predicted octanol–water partition coefficient (Wildman–Crippen LogP) is 6.41. The van der Waals surface area contributed by atoms with Gasteiger partial charge in [-0.25, -0.2) is 13.4 Å². The van der Waals surface area contributed by atoms with Crippen molar-refractivity contribution in [1.82, 2.24) is 4.98 Å². The molecule has 0 radical (unpaired) electrons. The lowest BCUT2D eigenvalue weighted by Crippen LogP contribution is -2.13. The Labute approximate surface area is 192 Å². The van der Waals surface area contributed by atoms with Crippen LogP contribution in [0.1, 0.15) is 13.3 Å². The maximum Gasteiger partial charge on any atom is 0.267 e. The van der Waals surface area contributed by atoms with Crippen LogP contribution in [0.2, 0.25) is 0 Å². The van der Waals surface area contributed by atoms with E-state index in [4.69, 9.17) is 0 Å². The third-order valence-corrected chi connectivity index (χ3v) is 10.1. The van der Waals surface area contributed by atoms with Crippen molar-refractivity contribution >= 4 is 71.6 Å². The first-order chi connectivity index (χ1) is 14.9. The van der Waals surface area contributed by atoms with Gasteiger partial charge in [-0.3, -0.25) is 4.72 Å². The van der Waals surface area contributed by atoms with Crippen molar-refractivity contribution in [2.75, 3.05) is 4.72 Å². The number of benzene rings is 3. The monoisotopic (exact) mass is 486 g/mol. The summed E-state index contributed by atoms with van der Waals surface area (Å²) in [6.07, 6.45) is 2.49. The van der Waals surface area contributed by atoms with Gasteiger partial charge in [0.2, 0.25) is 0 Å². The molecule has 0 aliphatic carbocycles. The van der Waals surface area contributed by atoms with Gasteiger partial charge in [-0.05, 0) is 24.6 Å². The highest BCUT2D eigenvalue weighted by atomic mass is 32.3. The maximum absolute atomic E-state index is 13.0. The summed E-state index contributed by atoms with van der Waals surface area (Å²) in [5, 5.41) is 12.4. The molecule has 158 valence electrons. The van der Waals surface area contributed by atoms with E-state index in [1.807, 2.05) is 43.3 Å². The van der Waals surface area contributed by atoms with Gasteiger partial charge in [0.1, 0.15) is 9.99 Å². The number of fused-ring (bicyclic) bond motifs is 2. The number of hydrogen-bond acceptors (Lipinski definition) is 7. The molecule has 1 unspecified atom stereocenters. The fourth-order valence-electron chi connectivity index (χ4n) is 3.41. The second-order valence-corrected chi connectivity index (χ2v) is 12.9. The van der Waals surface area contributed by atoms with E-state index in [2.05, 4.69) is 9.71 Å². The van der Waals surface area contributed by atoms with Gasteiger partial charge in [0.05, 0.1) is 20.8 Å². The van der Waals surface area contributed by atoms with Crippen molar-refractivity contribution < 1.29 is 13.5 Å². The minimum atomic E-state index is -3.69. The second kappa shape index (κ2) is 8.05. The van der Waals surface area contributed by atoms with Gasteiger partial charge < -0.3 is 5.11 Å². The zero-order valence-electron chi connectivity index (χ0n) is 16.4. The number of nitrogens with zero attached hydrogens (tertiary/aromatic N) is 1. The van der Waals surface area contributed by atoms with E-state index in [1.165, 1.54) is 34.9 Å². The number of thioether (sulfide) groups is 1. The SMILES string of the molecule is CC1CC=C(S(=O)(=O)Nc2cc(Sc3nc4ccccc4s3)c(O)c3ccccc23)S1. The fourth-order valence-corrected chi connectivity index (χ4v) is 8.31. The zero-order valence-corrected chi connectivity index (χ0v) is 19.7. The number of anilines is 1. The molecule has 9 heteroatoms. The summed E-state index contributed by atoms with van der Waals surface area (Å²) >= 11 is 4.22. The number of nitrogens with one attached hydrogen (secondary N) is 1. The van der Waals surface area contributed by atoms with Gasteiger partial charge in [0.25, 0.3) is 10.0 Å². The van der Waals surface area contributed by atoms with Gasteiger partial charge in [0.15, 0.2) is 4.34 Å². The molecule has 1 atom stereocenters. The van der Waals surface area contributed by atoms with Crippen LogP contribution in [0.3, 0.4) is 0 Å². The van der Waals surface area contributed by atoms with Gasteiger partial charge in [-0.2, -0.15) is 0 Å². The minimum Gasteiger partial charge on any atom is -0.506 e. The molecular formula is C22H18N2O3S4. The highest BCUT2D eigenvalue weighted by Crippen LogP contribution is 2.45. The average Bonchev–Trinajstić information content (AvgIpc) is 3.37. The van der Waals surface area contributed by atoms with E-state index in [-0.39, 0.29) is 11.0 Å². The molecule has 0 bridgehead atoms. The summed E-state index contributed by atoms with van der Waals surface area (Å²) in [6, 6.07) is 16.8. The van der Waals surface area contributed by atoms with Crippen LogP contribution in [0.5, 0.6) is 5.75 Å². The molecule has 1 aromatic heterocycles. The van der Waals surface area contributed by atoms with Crippen molar-refractivity contribution in [1.29, 1.82) is 0 Å². The summed E-state index contributed by atoms with van der Waals surface area (Å²) in [5.41, 5.74) is 1.34. The molecule has 1 aliphatic heterocycles. The molecule has 0 saturated heterocycles. The van der Waals surface area contributed by atoms with Crippen molar-refractivity contribution in [2.24, 2.45) is 0 Å². The Hall–Kier alpha value is -2.20. The largest absolute Gasteiger partial charge is 0.506 e. The Morgan fingerprint density at radius 1 is 1.13 bits per heavy atom. The van der Waals surface area contributed by atoms with E-state index in [9.17, 15) is 13.5 Å². The molecule has 1 aliphatic rings. The van der Waals surface area contributed by atoms with Crippen LogP contribution in [0.25, 0.3) is 21.0 Å². The predicted molar refractivity (Wildman–Crippen MR) is 132 cm³/mol. The molecule has 5 nitrogen and oxygen atoms in total. The minimum absolute atomic E-state index is 0.117. The number of rotatable bonds is 5. The maximum atomic E-state index is 13.0. The number of aromatic nitrogens is 1. The van der Waals surface area contributed by atoms with Crippen LogP contribution in [-0.4, -0.2) is 23.8 Å². The Balaban J connectivity index is 1.57. The molecular weight excluding hydrogens is 469 g/mol. The molecule has 5 rings (SSSR count). The smallest absolute Gasteiger partial charge is 0.267 e. The normalized spacial score (nSPS) is 16.7. The van der Waals surface area contributed by atoms with Crippen molar-refractivity contribution in [3.63, 3.8) is 0 Å². The van der Waals surface area contributed by atoms with Crippen LogP contribution in [0, 0.1) is 0 Å². The Morgan fingerprint density at radius 3 is 2.61 bits per heavy atom. The molecule has 2 heterocycles. The first kappa shape index (κ1) is 20.7. The molecule has 0 amide bonds. The third-order valence-electron chi connectivity index (χ3n) is 4.90. The fraction of sp³-hybridized carbons (Fsp3) is 0.136. The average molecular weight is 487 g/mol. The quantitative estimate of drug-likeness (QED) is 0.317. The van der Waals surface area contributed by atoms with Crippen LogP contribution in [0.4, 0.5) is 5.69 Å². The first-order valence-corrected chi connectivity index (χ1v) is 13.6. The number of thiazole rings is 1. The van der Waals surface area contributed by atoms with E-state index in [0.29, 0.717) is 25.6 Å². The Morgan fingerprint density at radius 2 is 1.87 bits per heavy atom. The van der Waals surface area contributed by atoms with Crippen molar-refractivity contribution in [3.05, 3.63) is 64.9 Å². The summed E-state index contributed by atoms with van der Waals surface area (Å²) in [6.45, 7) is 2.01. The highest BCUT2D eigenvalue weighted by molar-refractivity contribution is 8.19. The van der Waals surface area contributed by atoms with Crippen molar-refractivity contribution in [3.8, 4) is 5.75 Å². The molecule has 3 aromatic carbocycles. The number of hydrogen-bond donors (Lipinski definition) is 2. The molecule has 0 spiro atoms. The summed E-state index contributed by atoms with van der Waals surface area (Å²) in [7, 11) is -3.69. The highest BCUT2D eigenvalue weighted by Gasteiger charge is 2.26. The summed E-state index contributed by atoms with van der Waals surface area (Å²) < 4.78 is 30.9. The third kappa shape index (κ3) is 4.03. The van der Waals surface area contributed by atoms with E-state index in [0.717, 1.165) is 21.0 Å². The van der Waals surface area contributed by atoms with Gasteiger partial charge in [-0.1, -0.05) is 61.2 Å². The first-order valence-electron chi connectivity index (χ1n) is 9.58. The number of para-hydroxylation sites is 1.